The van der Waals surface area contributed by atoms with E-state index in [4.69, 9.17) is 11.6 Å². The summed E-state index contributed by atoms with van der Waals surface area (Å²) in [6.07, 6.45) is 0. The summed E-state index contributed by atoms with van der Waals surface area (Å²) >= 11 is 7.61. The van der Waals surface area contributed by atoms with E-state index in [9.17, 15) is 9.59 Å². The molecule has 0 aliphatic rings. The molecule has 0 heterocycles. The Bertz CT molecular complexity index is 946. The summed E-state index contributed by atoms with van der Waals surface area (Å²) in [7, 11) is 0. The van der Waals surface area contributed by atoms with Gasteiger partial charge < -0.3 is 10.6 Å². The lowest BCUT2D eigenvalue weighted by Crippen LogP contribution is -2.15. The molecule has 142 valence electrons. The molecule has 0 aromatic heterocycles. The summed E-state index contributed by atoms with van der Waals surface area (Å²) in [5, 5.41) is 6.37. The Balaban J connectivity index is 1.47. The van der Waals surface area contributed by atoms with E-state index < -0.39 is 0 Å². The predicted octanol–water partition coefficient (Wildman–Crippen LogP) is 5.46. The van der Waals surface area contributed by atoms with Crippen LogP contribution in [-0.2, 0) is 10.5 Å². The highest BCUT2D eigenvalue weighted by atomic mass is 35.5. The molecule has 2 amide bonds. The minimum atomic E-state index is -0.195. The van der Waals surface area contributed by atoms with E-state index in [0.717, 1.165) is 11.3 Å². The van der Waals surface area contributed by atoms with Crippen molar-refractivity contribution in [1.82, 2.24) is 0 Å². The maximum atomic E-state index is 12.2. The molecule has 0 atom stereocenters. The van der Waals surface area contributed by atoms with Crippen LogP contribution in [0.15, 0.2) is 78.9 Å². The SMILES string of the molecule is O=C(CSCc1ccccc1Cl)Nc1ccc(C(=O)Nc2ccccc2)cc1. The fourth-order valence-electron chi connectivity index (χ4n) is 2.50. The number of amides is 2. The Morgan fingerprint density at radius 3 is 2.14 bits per heavy atom. The molecule has 3 aromatic carbocycles. The van der Waals surface area contributed by atoms with E-state index in [1.807, 2.05) is 54.6 Å². The molecule has 6 heteroatoms. The van der Waals surface area contributed by atoms with E-state index in [1.54, 1.807) is 24.3 Å². The van der Waals surface area contributed by atoms with Crippen LogP contribution in [0.1, 0.15) is 15.9 Å². The number of hydrogen-bond donors (Lipinski definition) is 2. The zero-order valence-corrected chi connectivity index (χ0v) is 16.6. The maximum Gasteiger partial charge on any atom is 0.255 e. The van der Waals surface area contributed by atoms with Crippen molar-refractivity contribution >= 4 is 46.6 Å². The number of carbonyl (C=O) groups excluding carboxylic acids is 2. The first kappa shape index (κ1) is 20.0. The van der Waals surface area contributed by atoms with Gasteiger partial charge >= 0.3 is 0 Å². The summed E-state index contributed by atoms with van der Waals surface area (Å²) in [5.41, 5.74) is 2.92. The molecule has 0 fully saturated rings. The second kappa shape index (κ2) is 9.97. The van der Waals surface area contributed by atoms with Crippen LogP contribution in [-0.4, -0.2) is 17.6 Å². The minimum absolute atomic E-state index is 0.0986. The summed E-state index contributed by atoms with van der Waals surface area (Å²) in [5.74, 6) is 0.700. The van der Waals surface area contributed by atoms with E-state index in [2.05, 4.69) is 10.6 Å². The van der Waals surface area contributed by atoms with Crippen molar-refractivity contribution in [2.24, 2.45) is 0 Å². The smallest absolute Gasteiger partial charge is 0.255 e. The van der Waals surface area contributed by atoms with Crippen LogP contribution in [0.2, 0.25) is 5.02 Å². The first-order chi connectivity index (χ1) is 13.6. The Morgan fingerprint density at radius 2 is 1.43 bits per heavy atom. The van der Waals surface area contributed by atoms with Crippen LogP contribution in [0.4, 0.5) is 11.4 Å². The zero-order valence-electron chi connectivity index (χ0n) is 15.0. The normalized spacial score (nSPS) is 10.3. The third-order valence-corrected chi connectivity index (χ3v) is 5.26. The summed E-state index contributed by atoms with van der Waals surface area (Å²) in [6, 6.07) is 23.7. The number of nitrogens with one attached hydrogen (secondary N) is 2. The van der Waals surface area contributed by atoms with Crippen molar-refractivity contribution in [2.45, 2.75) is 5.75 Å². The Kier molecular flexibility index (Phi) is 7.12. The molecular formula is C22H19ClN2O2S. The Labute approximate surface area is 173 Å². The van der Waals surface area contributed by atoms with Crippen molar-refractivity contribution in [2.75, 3.05) is 16.4 Å². The van der Waals surface area contributed by atoms with Crippen LogP contribution in [0.5, 0.6) is 0 Å². The number of rotatable bonds is 7. The average Bonchev–Trinajstić information content (AvgIpc) is 2.71. The molecule has 0 bridgehead atoms. The van der Waals surface area contributed by atoms with Gasteiger partial charge in [0.25, 0.3) is 5.91 Å². The van der Waals surface area contributed by atoms with E-state index in [1.165, 1.54) is 11.8 Å². The topological polar surface area (TPSA) is 58.2 Å². The number of carbonyl (C=O) groups is 2. The molecule has 2 N–H and O–H groups in total. The minimum Gasteiger partial charge on any atom is -0.325 e. The average molecular weight is 411 g/mol. The van der Waals surface area contributed by atoms with Gasteiger partial charge in [-0.1, -0.05) is 48.0 Å². The van der Waals surface area contributed by atoms with Gasteiger partial charge in [-0.05, 0) is 48.0 Å². The third kappa shape index (κ3) is 5.87. The lowest BCUT2D eigenvalue weighted by Gasteiger charge is -2.08. The Hall–Kier alpha value is -2.76. The van der Waals surface area contributed by atoms with Crippen molar-refractivity contribution in [1.29, 1.82) is 0 Å². The number of para-hydroxylation sites is 1. The number of benzene rings is 3. The van der Waals surface area contributed by atoms with Gasteiger partial charge in [0.05, 0.1) is 5.75 Å². The van der Waals surface area contributed by atoms with Crippen LogP contribution in [0, 0.1) is 0 Å². The second-order valence-electron chi connectivity index (χ2n) is 6.03. The molecule has 4 nitrogen and oxygen atoms in total. The zero-order chi connectivity index (χ0) is 19.8. The molecule has 0 saturated heterocycles. The second-order valence-corrected chi connectivity index (χ2v) is 7.42. The van der Waals surface area contributed by atoms with Gasteiger partial charge in [-0.2, -0.15) is 0 Å². The number of halogens is 1. The first-order valence-corrected chi connectivity index (χ1v) is 10.2. The van der Waals surface area contributed by atoms with Gasteiger partial charge in [0, 0.05) is 27.7 Å². The van der Waals surface area contributed by atoms with Gasteiger partial charge in [0.1, 0.15) is 0 Å². The van der Waals surface area contributed by atoms with Gasteiger partial charge in [-0.3, -0.25) is 9.59 Å². The van der Waals surface area contributed by atoms with Crippen LogP contribution < -0.4 is 10.6 Å². The first-order valence-electron chi connectivity index (χ1n) is 8.69. The van der Waals surface area contributed by atoms with Crippen molar-refractivity contribution < 1.29 is 9.59 Å². The number of anilines is 2. The van der Waals surface area contributed by atoms with Gasteiger partial charge in [-0.15, -0.1) is 11.8 Å². The monoisotopic (exact) mass is 410 g/mol. The molecule has 0 aliphatic heterocycles. The molecule has 0 radical (unpaired) electrons. The summed E-state index contributed by atoms with van der Waals surface area (Å²) in [4.78, 5) is 24.3. The molecular weight excluding hydrogens is 392 g/mol. The highest BCUT2D eigenvalue weighted by molar-refractivity contribution is 7.99. The highest BCUT2D eigenvalue weighted by Gasteiger charge is 2.08. The van der Waals surface area contributed by atoms with Gasteiger partial charge in [-0.25, -0.2) is 0 Å². The lowest BCUT2D eigenvalue weighted by molar-refractivity contribution is -0.113. The third-order valence-electron chi connectivity index (χ3n) is 3.91. The van der Waals surface area contributed by atoms with E-state index in [-0.39, 0.29) is 11.8 Å². The maximum absolute atomic E-state index is 12.2. The van der Waals surface area contributed by atoms with Crippen LogP contribution >= 0.6 is 23.4 Å². The molecule has 0 saturated carbocycles. The fraction of sp³-hybridized carbons (Fsp3) is 0.0909. The molecule has 0 aliphatic carbocycles. The predicted molar refractivity (Wildman–Crippen MR) is 117 cm³/mol. The standard InChI is InChI=1S/C22H19ClN2O2S/c23-20-9-5-4-6-17(20)14-28-15-21(26)24-19-12-10-16(11-13-19)22(27)25-18-7-2-1-3-8-18/h1-13H,14-15H2,(H,24,26)(H,25,27). The molecule has 0 unspecified atom stereocenters. The number of hydrogen-bond acceptors (Lipinski definition) is 3. The van der Waals surface area contributed by atoms with E-state index in [0.29, 0.717) is 27.8 Å². The largest absolute Gasteiger partial charge is 0.325 e. The van der Waals surface area contributed by atoms with Crippen molar-refractivity contribution in [3.05, 3.63) is 95.0 Å². The van der Waals surface area contributed by atoms with Crippen molar-refractivity contribution in [3.8, 4) is 0 Å². The van der Waals surface area contributed by atoms with Gasteiger partial charge in [0.2, 0.25) is 5.91 Å². The summed E-state index contributed by atoms with van der Waals surface area (Å²) < 4.78 is 0. The summed E-state index contributed by atoms with van der Waals surface area (Å²) in [6.45, 7) is 0. The van der Waals surface area contributed by atoms with Gasteiger partial charge in [0.15, 0.2) is 0 Å². The van der Waals surface area contributed by atoms with Crippen LogP contribution in [0.3, 0.4) is 0 Å². The van der Waals surface area contributed by atoms with Crippen LogP contribution in [0.25, 0.3) is 0 Å². The highest BCUT2D eigenvalue weighted by Crippen LogP contribution is 2.21. The van der Waals surface area contributed by atoms with E-state index >= 15 is 0 Å². The Morgan fingerprint density at radius 1 is 0.786 bits per heavy atom. The molecule has 3 aromatic rings. The molecule has 3 rings (SSSR count). The lowest BCUT2D eigenvalue weighted by atomic mass is 10.2. The number of thioether (sulfide) groups is 1. The quantitative estimate of drug-likeness (QED) is 0.543. The fourth-order valence-corrected chi connectivity index (χ4v) is 3.61. The van der Waals surface area contributed by atoms with Crippen molar-refractivity contribution in [3.63, 3.8) is 0 Å². The molecule has 28 heavy (non-hydrogen) atoms. The molecule has 0 spiro atoms.